The predicted molar refractivity (Wildman–Crippen MR) is 122 cm³/mol. The quantitative estimate of drug-likeness (QED) is 0.560. The van der Waals surface area contributed by atoms with E-state index < -0.39 is 26.1 Å². The number of hydrazone groups is 1. The lowest BCUT2D eigenvalue weighted by Crippen LogP contribution is -2.27. The first kappa shape index (κ1) is 22.1. The second kappa shape index (κ2) is 8.44. The van der Waals surface area contributed by atoms with E-state index in [2.05, 4.69) is 9.82 Å². The molecular weight excluding hydrogens is 450 g/mol. The van der Waals surface area contributed by atoms with Crippen LogP contribution in [-0.2, 0) is 20.0 Å². The molecule has 0 saturated carbocycles. The topological polar surface area (TPSA) is 109 Å². The Kier molecular flexibility index (Phi) is 5.83. The maximum atomic E-state index is 13.5. The normalized spacial score (nSPS) is 16.8. The van der Waals surface area contributed by atoms with E-state index >= 15 is 0 Å². The van der Waals surface area contributed by atoms with Gasteiger partial charge in [-0.15, -0.1) is 0 Å². The van der Waals surface area contributed by atoms with Crippen molar-refractivity contribution in [1.29, 1.82) is 0 Å². The molecule has 32 heavy (non-hydrogen) atoms. The van der Waals surface area contributed by atoms with Crippen molar-refractivity contribution in [2.45, 2.75) is 31.2 Å². The maximum absolute atomic E-state index is 13.5. The van der Waals surface area contributed by atoms with Crippen molar-refractivity contribution < 1.29 is 21.3 Å². The first-order valence-electron chi connectivity index (χ1n) is 10.0. The van der Waals surface area contributed by atoms with Crippen molar-refractivity contribution in [3.8, 4) is 0 Å². The maximum Gasteiger partial charge on any atom is 0.279 e. The molecule has 0 radical (unpaired) electrons. The van der Waals surface area contributed by atoms with Crippen LogP contribution in [0.4, 0.5) is 5.69 Å². The molecule has 0 amide bonds. The van der Waals surface area contributed by atoms with Gasteiger partial charge in [0.1, 0.15) is 11.8 Å². The number of hydrogen-bond donors (Lipinski definition) is 1. The summed E-state index contributed by atoms with van der Waals surface area (Å²) in [5, 5.41) is 4.45. The first-order valence-corrected chi connectivity index (χ1v) is 13.1. The average molecular weight is 474 g/mol. The zero-order chi connectivity index (χ0) is 22.9. The average Bonchev–Trinajstić information content (AvgIpc) is 3.44. The molecule has 0 fully saturated rings. The summed E-state index contributed by atoms with van der Waals surface area (Å²) in [5.74, 6) is 0.364. The van der Waals surface area contributed by atoms with Crippen molar-refractivity contribution in [1.82, 2.24) is 4.41 Å². The number of aryl methyl sites for hydroxylation is 1. The SMILES string of the molecule is CCS(=O)(=O)Nc1ccccc1C1=NN(S(=O)(=O)c2ccc(C)cc2)[C@@H](c2ccco2)C1. The van der Waals surface area contributed by atoms with E-state index in [9.17, 15) is 16.8 Å². The van der Waals surface area contributed by atoms with Gasteiger partial charge in [-0.2, -0.15) is 17.9 Å². The minimum Gasteiger partial charge on any atom is -0.467 e. The zero-order valence-electron chi connectivity index (χ0n) is 17.6. The summed E-state index contributed by atoms with van der Waals surface area (Å²) in [6.07, 6.45) is 1.71. The van der Waals surface area contributed by atoms with Crippen LogP contribution in [0.15, 0.2) is 81.3 Å². The molecule has 0 bridgehead atoms. The summed E-state index contributed by atoms with van der Waals surface area (Å²) < 4.78 is 60.3. The molecular formula is C22H23N3O5S2. The fraction of sp³-hybridized carbons (Fsp3) is 0.227. The van der Waals surface area contributed by atoms with Gasteiger partial charge in [-0.3, -0.25) is 4.72 Å². The van der Waals surface area contributed by atoms with Gasteiger partial charge in [-0.1, -0.05) is 35.9 Å². The smallest absolute Gasteiger partial charge is 0.279 e. The van der Waals surface area contributed by atoms with Crippen LogP contribution in [-0.4, -0.2) is 32.7 Å². The van der Waals surface area contributed by atoms with E-state index in [1.165, 1.54) is 6.26 Å². The van der Waals surface area contributed by atoms with Crippen LogP contribution >= 0.6 is 0 Å². The van der Waals surface area contributed by atoms with E-state index in [1.54, 1.807) is 67.6 Å². The Morgan fingerprint density at radius 1 is 1.03 bits per heavy atom. The molecule has 10 heteroatoms. The first-order chi connectivity index (χ1) is 15.2. The number of anilines is 1. The standard InChI is InChI=1S/C22H23N3O5S2/c1-3-31(26,27)24-19-8-5-4-7-18(19)20-15-21(22-9-6-14-30-22)25(23-20)32(28,29)17-12-10-16(2)11-13-17/h4-14,21,24H,3,15H2,1-2H3/t21-/m1/s1. The molecule has 0 unspecified atom stereocenters. The molecule has 2 heterocycles. The highest BCUT2D eigenvalue weighted by Crippen LogP contribution is 2.38. The van der Waals surface area contributed by atoms with Crippen molar-refractivity contribution in [2.75, 3.05) is 10.5 Å². The molecule has 4 rings (SSSR count). The van der Waals surface area contributed by atoms with E-state index in [0.717, 1.165) is 9.98 Å². The van der Waals surface area contributed by atoms with E-state index in [-0.39, 0.29) is 17.1 Å². The Labute approximate surface area is 187 Å². The number of nitrogens with zero attached hydrogens (tertiary/aromatic N) is 2. The Hall–Kier alpha value is -3.11. The van der Waals surface area contributed by atoms with Gasteiger partial charge in [0.2, 0.25) is 10.0 Å². The Morgan fingerprint density at radius 2 is 1.75 bits per heavy atom. The second-order valence-electron chi connectivity index (χ2n) is 7.42. The van der Waals surface area contributed by atoms with Gasteiger partial charge in [0.05, 0.1) is 28.3 Å². The largest absolute Gasteiger partial charge is 0.467 e. The van der Waals surface area contributed by atoms with Crippen LogP contribution in [0.25, 0.3) is 0 Å². The monoisotopic (exact) mass is 473 g/mol. The highest BCUT2D eigenvalue weighted by atomic mass is 32.2. The minimum atomic E-state index is -3.98. The van der Waals surface area contributed by atoms with E-state index in [0.29, 0.717) is 22.7 Å². The molecule has 0 aliphatic carbocycles. The Morgan fingerprint density at radius 3 is 2.41 bits per heavy atom. The van der Waals surface area contributed by atoms with Crippen molar-refractivity contribution in [3.05, 3.63) is 83.8 Å². The van der Waals surface area contributed by atoms with Crippen LogP contribution in [0, 0.1) is 6.92 Å². The van der Waals surface area contributed by atoms with E-state index in [4.69, 9.17) is 4.42 Å². The highest BCUT2D eigenvalue weighted by molar-refractivity contribution is 7.92. The van der Waals surface area contributed by atoms with Gasteiger partial charge >= 0.3 is 0 Å². The molecule has 1 N–H and O–H groups in total. The van der Waals surface area contributed by atoms with Gasteiger partial charge in [0.15, 0.2) is 0 Å². The molecule has 168 valence electrons. The molecule has 1 aliphatic rings. The number of rotatable bonds is 7. The third kappa shape index (κ3) is 4.28. The van der Waals surface area contributed by atoms with Crippen LogP contribution in [0.1, 0.15) is 36.3 Å². The summed E-state index contributed by atoms with van der Waals surface area (Å²) in [6, 6.07) is 16.0. The van der Waals surface area contributed by atoms with Gasteiger partial charge in [-0.05, 0) is 44.2 Å². The molecule has 3 aromatic rings. The van der Waals surface area contributed by atoms with Gasteiger partial charge in [0.25, 0.3) is 10.0 Å². The summed E-state index contributed by atoms with van der Waals surface area (Å²) in [6.45, 7) is 3.42. The summed E-state index contributed by atoms with van der Waals surface area (Å²) >= 11 is 0. The lowest BCUT2D eigenvalue weighted by atomic mass is 10.0. The fourth-order valence-electron chi connectivity index (χ4n) is 3.45. The minimum absolute atomic E-state index is 0.0865. The number of hydrogen-bond acceptors (Lipinski definition) is 6. The lowest BCUT2D eigenvalue weighted by molar-refractivity contribution is 0.320. The van der Waals surface area contributed by atoms with Crippen LogP contribution < -0.4 is 4.72 Å². The van der Waals surface area contributed by atoms with Gasteiger partial charge in [-0.25, -0.2) is 8.42 Å². The number of nitrogens with one attached hydrogen (secondary N) is 1. The van der Waals surface area contributed by atoms with Crippen LogP contribution in [0.2, 0.25) is 0 Å². The molecule has 1 atom stereocenters. The molecule has 0 spiro atoms. The van der Waals surface area contributed by atoms with Gasteiger partial charge in [0, 0.05) is 12.0 Å². The third-order valence-electron chi connectivity index (χ3n) is 5.19. The molecule has 1 aliphatic heterocycles. The van der Waals surface area contributed by atoms with Crippen LogP contribution in [0.3, 0.4) is 0 Å². The van der Waals surface area contributed by atoms with Crippen molar-refractivity contribution in [2.24, 2.45) is 5.10 Å². The summed E-state index contributed by atoms with van der Waals surface area (Å²) in [7, 11) is -7.50. The number of sulfonamides is 2. The fourth-order valence-corrected chi connectivity index (χ4v) is 5.52. The van der Waals surface area contributed by atoms with Crippen molar-refractivity contribution >= 4 is 31.4 Å². The highest BCUT2D eigenvalue weighted by Gasteiger charge is 2.39. The molecule has 0 saturated heterocycles. The Bertz CT molecular complexity index is 1350. The van der Waals surface area contributed by atoms with Crippen LogP contribution in [0.5, 0.6) is 0 Å². The summed E-state index contributed by atoms with van der Waals surface area (Å²) in [5.41, 5.74) is 2.24. The number of benzene rings is 2. The molecule has 2 aromatic carbocycles. The third-order valence-corrected chi connectivity index (χ3v) is 8.18. The Balaban J connectivity index is 1.80. The predicted octanol–water partition coefficient (Wildman–Crippen LogP) is 3.89. The second-order valence-corrected chi connectivity index (χ2v) is 11.2. The lowest BCUT2D eigenvalue weighted by Gasteiger charge is -2.21. The molecule has 1 aromatic heterocycles. The number of furan rings is 1. The number of para-hydroxylation sites is 1. The zero-order valence-corrected chi connectivity index (χ0v) is 19.2. The molecule has 8 nitrogen and oxygen atoms in total. The summed E-state index contributed by atoms with van der Waals surface area (Å²) in [4.78, 5) is 0.115. The van der Waals surface area contributed by atoms with Crippen molar-refractivity contribution in [3.63, 3.8) is 0 Å². The van der Waals surface area contributed by atoms with Gasteiger partial charge < -0.3 is 4.42 Å². The van der Waals surface area contributed by atoms with E-state index in [1.807, 2.05) is 6.92 Å².